The summed E-state index contributed by atoms with van der Waals surface area (Å²) < 4.78 is 27.8. The van der Waals surface area contributed by atoms with E-state index >= 15 is 0 Å². The van der Waals surface area contributed by atoms with Gasteiger partial charge in [-0.25, -0.2) is 8.42 Å². The topological polar surface area (TPSA) is 49.4 Å². The fraction of sp³-hybridized carbons (Fsp3) is 0.600. The summed E-state index contributed by atoms with van der Waals surface area (Å²) in [6.07, 6.45) is 4.42. The lowest BCUT2D eigenvalue weighted by Gasteiger charge is -2.34. The van der Waals surface area contributed by atoms with Gasteiger partial charge in [0.1, 0.15) is 0 Å². The smallest absolute Gasteiger partial charge is 0.243 e. The van der Waals surface area contributed by atoms with Gasteiger partial charge >= 0.3 is 0 Å². The van der Waals surface area contributed by atoms with Crippen molar-refractivity contribution in [3.05, 3.63) is 28.7 Å². The molecule has 1 unspecified atom stereocenters. The molecule has 0 bridgehead atoms. The highest BCUT2D eigenvalue weighted by Gasteiger charge is 2.33. The number of sulfonamides is 1. The van der Waals surface area contributed by atoms with Gasteiger partial charge in [0.2, 0.25) is 10.0 Å². The average Bonchev–Trinajstić information content (AvgIpc) is 3.02. The van der Waals surface area contributed by atoms with E-state index in [-0.39, 0.29) is 12.4 Å². The molecule has 2 heterocycles. The largest absolute Gasteiger partial charge is 0.314 e. The summed E-state index contributed by atoms with van der Waals surface area (Å²) in [6, 6.07) is 7.50. The quantitative estimate of drug-likeness (QED) is 0.835. The third-order valence-corrected chi connectivity index (χ3v) is 7.06. The molecule has 0 radical (unpaired) electrons. The summed E-state index contributed by atoms with van der Waals surface area (Å²) in [5.41, 5.74) is 0. The predicted molar refractivity (Wildman–Crippen MR) is 93.9 cm³/mol. The van der Waals surface area contributed by atoms with Crippen LogP contribution in [-0.2, 0) is 10.0 Å². The second kappa shape index (κ2) is 7.62. The molecule has 1 atom stereocenters. The maximum atomic E-state index is 12.6. The van der Waals surface area contributed by atoms with Crippen molar-refractivity contribution in [2.45, 2.75) is 36.6 Å². The van der Waals surface area contributed by atoms with E-state index in [1.54, 1.807) is 28.6 Å². The van der Waals surface area contributed by atoms with Gasteiger partial charge in [-0.3, -0.25) is 0 Å². The Labute approximate surface area is 147 Å². The first kappa shape index (κ1) is 18.2. The van der Waals surface area contributed by atoms with E-state index in [1.165, 1.54) is 12.8 Å². The Morgan fingerprint density at radius 3 is 2.27 bits per heavy atom. The molecule has 2 fully saturated rings. The SMILES string of the molecule is Cl.O=S(=O)(c1ccc(Br)cc1)N1CCC(C2CCCN2)CC1. The highest BCUT2D eigenvalue weighted by atomic mass is 79.9. The minimum Gasteiger partial charge on any atom is -0.314 e. The van der Waals surface area contributed by atoms with E-state index in [0.29, 0.717) is 29.9 Å². The van der Waals surface area contributed by atoms with Gasteiger partial charge in [-0.1, -0.05) is 15.9 Å². The van der Waals surface area contributed by atoms with Crippen LogP contribution in [0.1, 0.15) is 25.7 Å². The third-order valence-electron chi connectivity index (χ3n) is 4.62. The molecular formula is C15H22BrClN2O2S. The van der Waals surface area contributed by atoms with Gasteiger partial charge in [-0.15, -0.1) is 12.4 Å². The van der Waals surface area contributed by atoms with Gasteiger partial charge in [0.15, 0.2) is 0 Å². The van der Waals surface area contributed by atoms with Crippen LogP contribution in [0.25, 0.3) is 0 Å². The number of hydrogen-bond acceptors (Lipinski definition) is 3. The maximum absolute atomic E-state index is 12.6. The van der Waals surface area contributed by atoms with Gasteiger partial charge in [0.25, 0.3) is 0 Å². The number of nitrogens with zero attached hydrogens (tertiary/aromatic N) is 1. The molecule has 0 spiro atoms. The second-order valence-electron chi connectivity index (χ2n) is 5.90. The maximum Gasteiger partial charge on any atom is 0.243 e. The predicted octanol–water partition coefficient (Wildman–Crippen LogP) is 3.02. The number of piperidine rings is 1. The van der Waals surface area contributed by atoms with Crippen LogP contribution >= 0.6 is 28.3 Å². The van der Waals surface area contributed by atoms with E-state index in [2.05, 4.69) is 21.2 Å². The Bertz CT molecular complexity index is 580. The number of rotatable bonds is 3. The van der Waals surface area contributed by atoms with Gasteiger partial charge in [-0.05, 0) is 62.4 Å². The minimum atomic E-state index is -3.33. The van der Waals surface area contributed by atoms with Crippen molar-refractivity contribution in [1.29, 1.82) is 0 Å². The molecule has 1 N–H and O–H groups in total. The molecule has 124 valence electrons. The molecule has 2 aliphatic rings. The first-order chi connectivity index (χ1) is 10.1. The number of benzene rings is 1. The Kier molecular flexibility index (Phi) is 6.30. The van der Waals surface area contributed by atoms with Crippen LogP contribution in [0.3, 0.4) is 0 Å². The Morgan fingerprint density at radius 1 is 1.09 bits per heavy atom. The van der Waals surface area contributed by atoms with Gasteiger partial charge in [0.05, 0.1) is 4.90 Å². The molecule has 7 heteroatoms. The first-order valence-electron chi connectivity index (χ1n) is 7.56. The highest BCUT2D eigenvalue weighted by molar-refractivity contribution is 9.10. The molecule has 1 aromatic carbocycles. The van der Waals surface area contributed by atoms with E-state index < -0.39 is 10.0 Å². The highest BCUT2D eigenvalue weighted by Crippen LogP contribution is 2.29. The molecule has 1 aromatic rings. The van der Waals surface area contributed by atoms with Crippen LogP contribution < -0.4 is 5.32 Å². The van der Waals surface area contributed by atoms with Crippen molar-refractivity contribution in [1.82, 2.24) is 9.62 Å². The molecule has 0 amide bonds. The molecule has 3 rings (SSSR count). The second-order valence-corrected chi connectivity index (χ2v) is 8.75. The Hall–Kier alpha value is -0.140. The van der Waals surface area contributed by atoms with E-state index in [9.17, 15) is 8.42 Å². The molecule has 2 saturated heterocycles. The Morgan fingerprint density at radius 2 is 1.73 bits per heavy atom. The van der Waals surface area contributed by atoms with Crippen LogP contribution in [0.5, 0.6) is 0 Å². The van der Waals surface area contributed by atoms with E-state index in [0.717, 1.165) is 23.9 Å². The van der Waals surface area contributed by atoms with Gasteiger partial charge < -0.3 is 5.32 Å². The molecule has 0 aliphatic carbocycles. The summed E-state index contributed by atoms with van der Waals surface area (Å²) in [5, 5.41) is 3.54. The van der Waals surface area contributed by atoms with Crippen molar-refractivity contribution in [2.75, 3.05) is 19.6 Å². The van der Waals surface area contributed by atoms with Gasteiger partial charge in [-0.2, -0.15) is 4.31 Å². The van der Waals surface area contributed by atoms with Crippen LogP contribution in [0, 0.1) is 5.92 Å². The molecule has 0 aromatic heterocycles. The zero-order valence-corrected chi connectivity index (χ0v) is 15.6. The van der Waals surface area contributed by atoms with Crippen molar-refractivity contribution in [3.8, 4) is 0 Å². The van der Waals surface area contributed by atoms with Crippen molar-refractivity contribution in [3.63, 3.8) is 0 Å². The zero-order chi connectivity index (χ0) is 14.9. The Balaban J connectivity index is 0.00000176. The molecule has 0 saturated carbocycles. The zero-order valence-electron chi connectivity index (χ0n) is 12.4. The third kappa shape index (κ3) is 3.85. The van der Waals surface area contributed by atoms with Crippen LogP contribution in [0.2, 0.25) is 0 Å². The van der Waals surface area contributed by atoms with Crippen molar-refractivity contribution >= 4 is 38.4 Å². The minimum absolute atomic E-state index is 0. The molecule has 22 heavy (non-hydrogen) atoms. The standard InChI is InChI=1S/C15H21BrN2O2S.ClH/c16-13-3-5-14(6-4-13)21(19,20)18-10-7-12(8-11-18)15-2-1-9-17-15;/h3-6,12,15,17H,1-2,7-11H2;1H. The van der Waals surface area contributed by atoms with E-state index in [1.807, 2.05) is 0 Å². The van der Waals surface area contributed by atoms with Crippen molar-refractivity contribution in [2.24, 2.45) is 5.92 Å². The number of halogens is 2. The van der Waals surface area contributed by atoms with Crippen LogP contribution in [0.4, 0.5) is 0 Å². The fourth-order valence-electron chi connectivity index (χ4n) is 3.39. The molecule has 2 aliphatic heterocycles. The number of nitrogens with one attached hydrogen (secondary N) is 1. The lowest BCUT2D eigenvalue weighted by atomic mass is 9.89. The fourth-order valence-corrected chi connectivity index (χ4v) is 5.12. The van der Waals surface area contributed by atoms with Crippen molar-refractivity contribution < 1.29 is 8.42 Å². The molecular weight excluding hydrogens is 388 g/mol. The summed E-state index contributed by atoms with van der Waals surface area (Å²) in [4.78, 5) is 0.392. The number of hydrogen-bond donors (Lipinski definition) is 1. The molecule has 4 nitrogen and oxygen atoms in total. The lowest BCUT2D eigenvalue weighted by molar-refractivity contribution is 0.234. The van der Waals surface area contributed by atoms with Crippen LogP contribution in [0.15, 0.2) is 33.6 Å². The van der Waals surface area contributed by atoms with E-state index in [4.69, 9.17) is 0 Å². The monoisotopic (exact) mass is 408 g/mol. The summed E-state index contributed by atoms with van der Waals surface area (Å²) >= 11 is 3.34. The summed E-state index contributed by atoms with van der Waals surface area (Å²) in [6.45, 7) is 2.39. The lowest BCUT2D eigenvalue weighted by Crippen LogP contribution is -2.43. The summed E-state index contributed by atoms with van der Waals surface area (Å²) in [7, 11) is -3.33. The first-order valence-corrected chi connectivity index (χ1v) is 9.80. The van der Waals surface area contributed by atoms with Crippen LogP contribution in [-0.4, -0.2) is 38.4 Å². The average molecular weight is 410 g/mol. The summed E-state index contributed by atoms with van der Waals surface area (Å²) in [5.74, 6) is 0.629. The van der Waals surface area contributed by atoms with Gasteiger partial charge in [0, 0.05) is 23.6 Å². The normalized spacial score (nSPS) is 24.1.